The van der Waals surface area contributed by atoms with E-state index in [4.69, 9.17) is 11.1 Å². The Morgan fingerprint density at radius 1 is 1.30 bits per heavy atom. The summed E-state index contributed by atoms with van der Waals surface area (Å²) >= 11 is 0. The molecule has 0 aliphatic rings. The van der Waals surface area contributed by atoms with Crippen molar-refractivity contribution >= 4 is 11.5 Å². The molecule has 0 aliphatic heterocycles. The van der Waals surface area contributed by atoms with Crippen molar-refractivity contribution < 1.29 is 8.78 Å². The van der Waals surface area contributed by atoms with E-state index in [-0.39, 0.29) is 23.1 Å². The summed E-state index contributed by atoms with van der Waals surface area (Å²) in [5.41, 5.74) is 5.34. The van der Waals surface area contributed by atoms with Gasteiger partial charge in [-0.3, -0.25) is 5.41 Å². The van der Waals surface area contributed by atoms with Gasteiger partial charge in [0.05, 0.1) is 0 Å². The van der Waals surface area contributed by atoms with Crippen LogP contribution in [0.1, 0.15) is 45.6 Å². The summed E-state index contributed by atoms with van der Waals surface area (Å²) in [4.78, 5) is 1.76. The first-order valence-electron chi connectivity index (χ1n) is 7.02. The van der Waals surface area contributed by atoms with E-state index >= 15 is 0 Å². The first kappa shape index (κ1) is 16.4. The second-order valence-electron chi connectivity index (χ2n) is 5.01. The van der Waals surface area contributed by atoms with Gasteiger partial charge in [-0.2, -0.15) is 0 Å². The minimum absolute atomic E-state index is 0.0159. The van der Waals surface area contributed by atoms with Gasteiger partial charge in [0, 0.05) is 18.2 Å². The third-order valence-corrected chi connectivity index (χ3v) is 3.49. The van der Waals surface area contributed by atoms with Gasteiger partial charge in [-0.05, 0) is 31.9 Å². The molecule has 0 bridgehead atoms. The van der Waals surface area contributed by atoms with Crippen molar-refractivity contribution in [3.8, 4) is 0 Å². The van der Waals surface area contributed by atoms with Crippen LogP contribution in [-0.2, 0) is 0 Å². The molecular weight excluding hydrogens is 260 g/mol. The lowest BCUT2D eigenvalue weighted by Crippen LogP contribution is -2.35. The molecule has 0 heterocycles. The summed E-state index contributed by atoms with van der Waals surface area (Å²) in [7, 11) is 0. The first-order chi connectivity index (χ1) is 9.42. The Hall–Kier alpha value is -1.65. The largest absolute Gasteiger partial charge is 0.384 e. The predicted octanol–water partition coefficient (Wildman–Crippen LogP) is 3.65. The van der Waals surface area contributed by atoms with Gasteiger partial charge in [-0.15, -0.1) is 0 Å². The fraction of sp³-hybridized carbons (Fsp3) is 0.533. The highest BCUT2D eigenvalue weighted by Crippen LogP contribution is 2.28. The molecule has 3 nitrogen and oxygen atoms in total. The highest BCUT2D eigenvalue weighted by Gasteiger charge is 2.21. The van der Waals surface area contributed by atoms with E-state index in [0.717, 1.165) is 31.4 Å². The van der Waals surface area contributed by atoms with Crippen LogP contribution in [0.4, 0.5) is 14.5 Å². The molecule has 0 spiro atoms. The molecule has 3 N–H and O–H groups in total. The first-order valence-corrected chi connectivity index (χ1v) is 7.02. The number of halogens is 2. The van der Waals surface area contributed by atoms with Crippen molar-refractivity contribution in [1.29, 1.82) is 5.41 Å². The van der Waals surface area contributed by atoms with E-state index in [9.17, 15) is 8.78 Å². The fourth-order valence-corrected chi connectivity index (χ4v) is 2.10. The molecule has 0 aliphatic carbocycles. The molecule has 1 atom stereocenters. The van der Waals surface area contributed by atoms with E-state index in [1.54, 1.807) is 4.90 Å². The van der Waals surface area contributed by atoms with Crippen molar-refractivity contribution in [3.63, 3.8) is 0 Å². The van der Waals surface area contributed by atoms with Crippen molar-refractivity contribution in [2.24, 2.45) is 5.73 Å². The van der Waals surface area contributed by atoms with Gasteiger partial charge < -0.3 is 10.6 Å². The molecule has 1 unspecified atom stereocenters. The van der Waals surface area contributed by atoms with E-state index in [1.807, 2.05) is 20.8 Å². The number of hydrogen-bond donors (Lipinski definition) is 2. The Morgan fingerprint density at radius 2 is 1.85 bits per heavy atom. The summed E-state index contributed by atoms with van der Waals surface area (Å²) in [6.45, 7) is 6.59. The smallest absolute Gasteiger partial charge is 0.150 e. The van der Waals surface area contributed by atoms with Crippen LogP contribution in [0.2, 0.25) is 0 Å². The Bertz CT molecular complexity index is 451. The SMILES string of the molecule is CCCCN(c1c(F)cc(C(=N)N)cc1F)C(C)CC. The molecule has 0 aromatic heterocycles. The highest BCUT2D eigenvalue weighted by atomic mass is 19.1. The van der Waals surface area contributed by atoms with Gasteiger partial charge in [0.15, 0.2) is 0 Å². The summed E-state index contributed by atoms with van der Waals surface area (Å²) in [5, 5.41) is 7.27. The maximum absolute atomic E-state index is 14.2. The Kier molecular flexibility index (Phi) is 5.92. The van der Waals surface area contributed by atoms with Crippen LogP contribution < -0.4 is 10.6 Å². The minimum atomic E-state index is -0.661. The molecule has 112 valence electrons. The van der Waals surface area contributed by atoms with Gasteiger partial charge in [0.2, 0.25) is 0 Å². The van der Waals surface area contributed by atoms with E-state index in [2.05, 4.69) is 0 Å². The maximum atomic E-state index is 14.2. The molecule has 20 heavy (non-hydrogen) atoms. The van der Waals surface area contributed by atoms with Crippen molar-refractivity contribution in [1.82, 2.24) is 0 Å². The van der Waals surface area contributed by atoms with Gasteiger partial charge in [-0.1, -0.05) is 20.3 Å². The lowest BCUT2D eigenvalue weighted by atomic mass is 10.1. The third-order valence-electron chi connectivity index (χ3n) is 3.49. The number of anilines is 1. The van der Waals surface area contributed by atoms with E-state index in [1.165, 1.54) is 0 Å². The third kappa shape index (κ3) is 3.68. The topological polar surface area (TPSA) is 53.1 Å². The van der Waals surface area contributed by atoms with Crippen LogP contribution in [0.15, 0.2) is 12.1 Å². The molecule has 0 radical (unpaired) electrons. The fourth-order valence-electron chi connectivity index (χ4n) is 2.10. The lowest BCUT2D eigenvalue weighted by Gasteiger charge is -2.31. The monoisotopic (exact) mass is 283 g/mol. The number of benzene rings is 1. The second kappa shape index (κ2) is 7.22. The van der Waals surface area contributed by atoms with Gasteiger partial charge in [0.1, 0.15) is 23.2 Å². The van der Waals surface area contributed by atoms with Crippen molar-refractivity contribution in [3.05, 3.63) is 29.3 Å². The molecule has 0 saturated carbocycles. The Balaban J connectivity index is 3.22. The number of rotatable bonds is 7. The number of nitrogens with zero attached hydrogens (tertiary/aromatic N) is 1. The average Bonchev–Trinajstić information content (AvgIpc) is 2.40. The maximum Gasteiger partial charge on any atom is 0.150 e. The zero-order valence-corrected chi connectivity index (χ0v) is 12.3. The summed E-state index contributed by atoms with van der Waals surface area (Å²) in [5.74, 6) is -1.66. The number of nitrogens with two attached hydrogens (primary N) is 1. The zero-order chi connectivity index (χ0) is 15.3. The van der Waals surface area contributed by atoms with Crippen LogP contribution >= 0.6 is 0 Å². The zero-order valence-electron chi connectivity index (χ0n) is 12.3. The van der Waals surface area contributed by atoms with Gasteiger partial charge >= 0.3 is 0 Å². The van der Waals surface area contributed by atoms with Gasteiger partial charge in [0.25, 0.3) is 0 Å². The van der Waals surface area contributed by atoms with Crippen LogP contribution in [0, 0.1) is 17.0 Å². The Labute approximate surface area is 119 Å². The van der Waals surface area contributed by atoms with Crippen molar-refractivity contribution in [2.45, 2.75) is 46.1 Å². The molecule has 5 heteroatoms. The summed E-state index contributed by atoms with van der Waals surface area (Å²) in [6, 6.07) is 2.30. The number of nitrogens with one attached hydrogen (secondary N) is 1. The van der Waals surface area contributed by atoms with Crippen LogP contribution in [0.25, 0.3) is 0 Å². The highest BCUT2D eigenvalue weighted by molar-refractivity contribution is 5.95. The molecule has 0 amide bonds. The molecule has 1 aromatic rings. The molecule has 0 saturated heterocycles. The standard InChI is InChI=1S/C15H23F2N3/c1-4-6-7-20(10(3)5-2)14-12(16)8-11(15(18)19)9-13(14)17/h8-10H,4-7H2,1-3H3,(H3,18,19). The number of amidine groups is 1. The van der Waals surface area contributed by atoms with Crippen LogP contribution in [0.3, 0.4) is 0 Å². The lowest BCUT2D eigenvalue weighted by molar-refractivity contribution is 0.532. The van der Waals surface area contributed by atoms with Crippen LogP contribution in [-0.4, -0.2) is 18.4 Å². The molecule has 1 aromatic carbocycles. The van der Waals surface area contributed by atoms with E-state index in [0.29, 0.717) is 6.54 Å². The predicted molar refractivity (Wildman–Crippen MR) is 79.4 cm³/mol. The summed E-state index contributed by atoms with van der Waals surface area (Å²) < 4.78 is 28.4. The average molecular weight is 283 g/mol. The number of nitrogen functional groups attached to an aromatic ring is 1. The second-order valence-corrected chi connectivity index (χ2v) is 5.01. The number of hydrogen-bond acceptors (Lipinski definition) is 2. The molecule has 1 rings (SSSR count). The normalized spacial score (nSPS) is 12.2. The van der Waals surface area contributed by atoms with E-state index < -0.39 is 11.6 Å². The summed E-state index contributed by atoms with van der Waals surface area (Å²) in [6.07, 6.45) is 2.64. The molecular formula is C15H23F2N3. The van der Waals surface area contributed by atoms with Crippen molar-refractivity contribution in [2.75, 3.05) is 11.4 Å². The number of unbranched alkanes of at least 4 members (excludes halogenated alkanes) is 1. The minimum Gasteiger partial charge on any atom is -0.384 e. The quantitative estimate of drug-likeness (QED) is 0.593. The Morgan fingerprint density at radius 3 is 2.25 bits per heavy atom. The van der Waals surface area contributed by atoms with Gasteiger partial charge in [-0.25, -0.2) is 8.78 Å². The molecule has 0 fully saturated rings. The van der Waals surface area contributed by atoms with Crippen LogP contribution in [0.5, 0.6) is 0 Å².